The van der Waals surface area contributed by atoms with Gasteiger partial charge < -0.3 is 10.8 Å². The Bertz CT molecular complexity index is 293. The molecule has 0 saturated heterocycles. The van der Waals surface area contributed by atoms with Gasteiger partial charge in [-0.05, 0) is 40.8 Å². The van der Waals surface area contributed by atoms with Crippen LogP contribution in [0.5, 0.6) is 0 Å². The van der Waals surface area contributed by atoms with Gasteiger partial charge in [-0.25, -0.2) is 0 Å². The molecule has 4 heteroatoms. The van der Waals surface area contributed by atoms with E-state index in [-0.39, 0.29) is 11.9 Å². The Balaban J connectivity index is 2.77. The molecule has 3 N–H and O–H groups in total. The van der Waals surface area contributed by atoms with Crippen LogP contribution < -0.4 is 5.73 Å². The second-order valence-electron chi connectivity index (χ2n) is 2.79. The molecule has 0 bridgehead atoms. The van der Waals surface area contributed by atoms with Gasteiger partial charge in [0.25, 0.3) is 0 Å². The summed E-state index contributed by atoms with van der Waals surface area (Å²) in [6.07, 6.45) is 0. The number of nitrogen functional groups attached to an aromatic ring is 1. The zero-order valence-corrected chi connectivity index (χ0v) is 10.3. The maximum absolute atomic E-state index is 8.88. The van der Waals surface area contributed by atoms with Crippen LogP contribution in [0.3, 0.4) is 0 Å². The van der Waals surface area contributed by atoms with Crippen LogP contribution in [0.4, 0.5) is 5.69 Å². The minimum atomic E-state index is 0.177. The maximum Gasteiger partial charge on any atom is 0.0550 e. The van der Waals surface area contributed by atoms with Gasteiger partial charge in [-0.2, -0.15) is 0 Å². The third kappa shape index (κ3) is 3.36. The van der Waals surface area contributed by atoms with Crippen LogP contribution >= 0.6 is 34.4 Å². The zero-order chi connectivity index (χ0) is 9.84. The van der Waals surface area contributed by atoms with Crippen molar-refractivity contribution >= 4 is 40.0 Å². The molecule has 1 aromatic rings. The van der Waals surface area contributed by atoms with E-state index in [1.54, 1.807) is 11.8 Å². The molecule has 0 heterocycles. The van der Waals surface area contributed by atoms with E-state index in [2.05, 4.69) is 22.6 Å². The van der Waals surface area contributed by atoms with Crippen molar-refractivity contribution in [1.29, 1.82) is 0 Å². The second-order valence-corrected chi connectivity index (χ2v) is 5.52. The summed E-state index contributed by atoms with van der Waals surface area (Å²) < 4.78 is 1.14. The summed E-state index contributed by atoms with van der Waals surface area (Å²) in [5.41, 5.74) is 6.61. The third-order valence-corrected chi connectivity index (χ3v) is 3.41. The van der Waals surface area contributed by atoms with E-state index in [0.717, 1.165) is 14.2 Å². The molecule has 2 nitrogen and oxygen atoms in total. The summed E-state index contributed by atoms with van der Waals surface area (Å²) >= 11 is 3.83. The van der Waals surface area contributed by atoms with Gasteiger partial charge in [0.1, 0.15) is 0 Å². The van der Waals surface area contributed by atoms with Gasteiger partial charge >= 0.3 is 0 Å². The standard InChI is InChI=1S/C9H12INOS/c1-6(5-12)13-9-3-2-7(10)4-8(9)11/h2-4,6,12H,5,11H2,1H3. The first kappa shape index (κ1) is 11.1. The zero-order valence-electron chi connectivity index (χ0n) is 7.33. The van der Waals surface area contributed by atoms with E-state index < -0.39 is 0 Å². The summed E-state index contributed by atoms with van der Waals surface area (Å²) in [4.78, 5) is 1.04. The Hall–Kier alpha value is 0.0600. The van der Waals surface area contributed by atoms with Crippen molar-refractivity contribution in [2.24, 2.45) is 0 Å². The minimum Gasteiger partial charge on any atom is -0.398 e. The van der Waals surface area contributed by atoms with Gasteiger partial charge in [0.2, 0.25) is 0 Å². The van der Waals surface area contributed by atoms with Crippen LogP contribution in [0.1, 0.15) is 6.92 Å². The van der Waals surface area contributed by atoms with Gasteiger partial charge in [0.15, 0.2) is 0 Å². The molecule has 1 atom stereocenters. The Kier molecular flexibility index (Phi) is 4.34. The van der Waals surface area contributed by atoms with Crippen molar-refractivity contribution in [2.45, 2.75) is 17.1 Å². The molecule has 0 aromatic heterocycles. The van der Waals surface area contributed by atoms with E-state index in [0.29, 0.717) is 0 Å². The molecule has 0 radical (unpaired) electrons. The van der Waals surface area contributed by atoms with Crippen molar-refractivity contribution in [3.8, 4) is 0 Å². The predicted molar refractivity (Wildman–Crippen MR) is 66.0 cm³/mol. The smallest absolute Gasteiger partial charge is 0.0550 e. The van der Waals surface area contributed by atoms with Crippen LogP contribution in [0.2, 0.25) is 0 Å². The fourth-order valence-corrected chi connectivity index (χ4v) is 2.25. The predicted octanol–water partition coefficient (Wildman–Crippen LogP) is 2.35. The molecular weight excluding hydrogens is 297 g/mol. The lowest BCUT2D eigenvalue weighted by molar-refractivity contribution is 0.300. The fourth-order valence-electron chi connectivity index (χ4n) is 0.881. The quantitative estimate of drug-likeness (QED) is 0.512. The summed E-state index contributed by atoms with van der Waals surface area (Å²) in [5, 5.41) is 9.08. The molecule has 0 aliphatic rings. The summed E-state index contributed by atoms with van der Waals surface area (Å²) in [6, 6.07) is 5.95. The van der Waals surface area contributed by atoms with Crippen LogP contribution in [-0.2, 0) is 0 Å². The number of aliphatic hydroxyl groups excluding tert-OH is 1. The number of hydrogen-bond acceptors (Lipinski definition) is 3. The van der Waals surface area contributed by atoms with Crippen LogP contribution in [0.15, 0.2) is 23.1 Å². The van der Waals surface area contributed by atoms with Crippen molar-refractivity contribution in [2.75, 3.05) is 12.3 Å². The maximum atomic E-state index is 8.88. The average molecular weight is 309 g/mol. The molecule has 0 saturated carbocycles. The first-order valence-electron chi connectivity index (χ1n) is 3.96. The highest BCUT2D eigenvalue weighted by molar-refractivity contribution is 14.1. The summed E-state index contributed by atoms with van der Waals surface area (Å²) in [6.45, 7) is 2.15. The van der Waals surface area contributed by atoms with Gasteiger partial charge in [0, 0.05) is 19.4 Å². The third-order valence-electron chi connectivity index (χ3n) is 1.56. The highest BCUT2D eigenvalue weighted by atomic mass is 127. The normalized spacial score (nSPS) is 12.8. The summed E-state index contributed by atoms with van der Waals surface area (Å²) in [5.74, 6) is 0. The largest absolute Gasteiger partial charge is 0.398 e. The second kappa shape index (κ2) is 5.07. The van der Waals surface area contributed by atoms with Crippen molar-refractivity contribution in [3.05, 3.63) is 21.8 Å². The lowest BCUT2D eigenvalue weighted by Gasteiger charge is -2.09. The minimum absolute atomic E-state index is 0.177. The number of hydrogen-bond donors (Lipinski definition) is 2. The molecule has 72 valence electrons. The van der Waals surface area contributed by atoms with E-state index in [9.17, 15) is 0 Å². The lowest BCUT2D eigenvalue weighted by atomic mass is 10.3. The molecule has 13 heavy (non-hydrogen) atoms. The van der Waals surface area contributed by atoms with Gasteiger partial charge in [-0.1, -0.05) is 6.92 Å². The number of nitrogens with two attached hydrogens (primary N) is 1. The van der Waals surface area contributed by atoms with Crippen molar-refractivity contribution in [1.82, 2.24) is 0 Å². The van der Waals surface area contributed by atoms with Crippen LogP contribution in [0, 0.1) is 3.57 Å². The molecule has 0 aliphatic carbocycles. The number of benzene rings is 1. The summed E-state index contributed by atoms with van der Waals surface area (Å²) in [7, 11) is 0. The van der Waals surface area contributed by atoms with E-state index in [1.807, 2.05) is 25.1 Å². The molecular formula is C9H12INOS. The monoisotopic (exact) mass is 309 g/mol. The Morgan fingerprint density at radius 2 is 2.31 bits per heavy atom. The van der Waals surface area contributed by atoms with Crippen LogP contribution in [-0.4, -0.2) is 17.0 Å². The van der Waals surface area contributed by atoms with Crippen LogP contribution in [0.25, 0.3) is 0 Å². The highest BCUT2D eigenvalue weighted by Crippen LogP contribution is 2.29. The topological polar surface area (TPSA) is 46.2 Å². The lowest BCUT2D eigenvalue weighted by Crippen LogP contribution is -2.02. The molecule has 0 amide bonds. The number of rotatable bonds is 3. The molecule has 1 unspecified atom stereocenters. The molecule has 1 aromatic carbocycles. The van der Waals surface area contributed by atoms with Crippen molar-refractivity contribution in [3.63, 3.8) is 0 Å². The SMILES string of the molecule is CC(CO)Sc1ccc(I)cc1N. The van der Waals surface area contributed by atoms with Gasteiger partial charge in [0.05, 0.1) is 6.61 Å². The Labute approximate surface area is 96.0 Å². The molecule has 0 fully saturated rings. The average Bonchev–Trinajstić information content (AvgIpc) is 2.09. The van der Waals surface area contributed by atoms with Gasteiger partial charge in [-0.3, -0.25) is 0 Å². The Morgan fingerprint density at radius 1 is 1.62 bits per heavy atom. The van der Waals surface area contributed by atoms with E-state index >= 15 is 0 Å². The number of aliphatic hydroxyl groups is 1. The first-order valence-corrected chi connectivity index (χ1v) is 5.92. The number of thioether (sulfide) groups is 1. The van der Waals surface area contributed by atoms with E-state index in [4.69, 9.17) is 10.8 Å². The first-order chi connectivity index (χ1) is 6.13. The fraction of sp³-hybridized carbons (Fsp3) is 0.333. The Morgan fingerprint density at radius 3 is 2.85 bits per heavy atom. The van der Waals surface area contributed by atoms with E-state index in [1.165, 1.54) is 0 Å². The number of halogens is 1. The number of anilines is 1. The van der Waals surface area contributed by atoms with Gasteiger partial charge in [-0.15, -0.1) is 11.8 Å². The van der Waals surface area contributed by atoms with Crippen molar-refractivity contribution < 1.29 is 5.11 Å². The highest BCUT2D eigenvalue weighted by Gasteiger charge is 2.05. The molecule has 1 rings (SSSR count). The molecule has 0 aliphatic heterocycles. The molecule has 0 spiro atoms.